The minimum Gasteiger partial charge on any atom is -0.495 e. The Labute approximate surface area is 90.2 Å². The van der Waals surface area contributed by atoms with Crippen LogP contribution in [0.3, 0.4) is 0 Å². The summed E-state index contributed by atoms with van der Waals surface area (Å²) >= 11 is 0. The molecule has 80 valence electrons. The van der Waals surface area contributed by atoms with Crippen molar-refractivity contribution in [2.75, 3.05) is 6.61 Å². The summed E-state index contributed by atoms with van der Waals surface area (Å²) in [7, 11) is 0. The Morgan fingerprint density at radius 3 is 2.80 bits per heavy atom. The van der Waals surface area contributed by atoms with Crippen LogP contribution in [0.2, 0.25) is 0 Å². The van der Waals surface area contributed by atoms with Gasteiger partial charge < -0.3 is 9.84 Å². The number of rotatable bonds is 2. The van der Waals surface area contributed by atoms with Gasteiger partial charge in [-0.2, -0.15) is 0 Å². The molecule has 2 heteroatoms. The van der Waals surface area contributed by atoms with Crippen LogP contribution in [0, 0.1) is 6.92 Å². The van der Waals surface area contributed by atoms with Crippen molar-refractivity contribution in [1.82, 2.24) is 0 Å². The van der Waals surface area contributed by atoms with Crippen LogP contribution < -0.4 is 0 Å². The second-order valence-corrected chi connectivity index (χ2v) is 3.86. The maximum Gasteiger partial charge on any atom is 0.136 e. The molecular weight excluding hydrogens is 188 g/mol. The Morgan fingerprint density at radius 2 is 2.13 bits per heavy atom. The molecule has 1 aliphatic rings. The zero-order valence-corrected chi connectivity index (χ0v) is 8.94. The second kappa shape index (κ2) is 4.49. The first kappa shape index (κ1) is 10.2. The SMILES string of the molecule is Cc1ccccc1C(O)C1=CCCCO1. The molecule has 0 bridgehead atoms. The predicted molar refractivity (Wildman–Crippen MR) is 59.4 cm³/mol. The fraction of sp³-hybridized carbons (Fsp3) is 0.385. The summed E-state index contributed by atoms with van der Waals surface area (Å²) in [6.07, 6.45) is 3.43. The molecule has 1 heterocycles. The first-order valence-electron chi connectivity index (χ1n) is 5.35. The molecular formula is C13H16O2. The van der Waals surface area contributed by atoms with E-state index in [1.807, 2.05) is 37.3 Å². The molecule has 0 aromatic heterocycles. The van der Waals surface area contributed by atoms with E-state index < -0.39 is 6.10 Å². The maximum atomic E-state index is 10.1. The van der Waals surface area contributed by atoms with Gasteiger partial charge in [0.05, 0.1) is 6.61 Å². The van der Waals surface area contributed by atoms with Gasteiger partial charge in [-0.05, 0) is 37.0 Å². The quantitative estimate of drug-likeness (QED) is 0.802. The number of hydrogen-bond donors (Lipinski definition) is 1. The molecule has 1 unspecified atom stereocenters. The summed E-state index contributed by atoms with van der Waals surface area (Å²) in [6, 6.07) is 7.86. The topological polar surface area (TPSA) is 29.5 Å². The summed E-state index contributed by atoms with van der Waals surface area (Å²) in [5.74, 6) is 0.704. The zero-order valence-electron chi connectivity index (χ0n) is 8.94. The number of aryl methyl sites for hydroxylation is 1. The van der Waals surface area contributed by atoms with E-state index in [0.717, 1.165) is 30.6 Å². The highest BCUT2D eigenvalue weighted by molar-refractivity contribution is 5.31. The van der Waals surface area contributed by atoms with Crippen LogP contribution in [-0.2, 0) is 4.74 Å². The molecule has 0 amide bonds. The standard InChI is InChI=1S/C13H16O2/c1-10-6-2-3-7-11(10)13(14)12-8-4-5-9-15-12/h2-3,6-8,13-14H,4-5,9H2,1H3. The maximum absolute atomic E-state index is 10.1. The van der Waals surface area contributed by atoms with Crippen molar-refractivity contribution in [2.45, 2.75) is 25.9 Å². The van der Waals surface area contributed by atoms with Crippen molar-refractivity contribution in [2.24, 2.45) is 0 Å². The summed E-state index contributed by atoms with van der Waals surface area (Å²) in [6.45, 7) is 2.72. The van der Waals surface area contributed by atoms with E-state index in [4.69, 9.17) is 4.74 Å². The predicted octanol–water partition coefficient (Wildman–Crippen LogP) is 2.72. The van der Waals surface area contributed by atoms with E-state index in [1.54, 1.807) is 0 Å². The van der Waals surface area contributed by atoms with Crippen molar-refractivity contribution >= 4 is 0 Å². The lowest BCUT2D eigenvalue weighted by atomic mass is 10.0. The summed E-state index contributed by atoms with van der Waals surface area (Å²) in [5.41, 5.74) is 2.03. The van der Waals surface area contributed by atoms with Gasteiger partial charge in [0.1, 0.15) is 11.9 Å². The van der Waals surface area contributed by atoms with Gasteiger partial charge in [0.15, 0.2) is 0 Å². The van der Waals surface area contributed by atoms with Gasteiger partial charge in [-0.15, -0.1) is 0 Å². The molecule has 2 nitrogen and oxygen atoms in total. The Bertz CT molecular complexity index is 369. The first-order chi connectivity index (χ1) is 7.29. The molecule has 2 rings (SSSR count). The first-order valence-corrected chi connectivity index (χ1v) is 5.35. The van der Waals surface area contributed by atoms with E-state index in [1.165, 1.54) is 0 Å². The van der Waals surface area contributed by atoms with E-state index >= 15 is 0 Å². The molecule has 1 atom stereocenters. The van der Waals surface area contributed by atoms with Crippen LogP contribution in [0.4, 0.5) is 0 Å². The van der Waals surface area contributed by atoms with Crippen LogP contribution in [0.25, 0.3) is 0 Å². The number of allylic oxidation sites excluding steroid dienone is 1. The van der Waals surface area contributed by atoms with Crippen molar-refractivity contribution in [3.63, 3.8) is 0 Å². The van der Waals surface area contributed by atoms with Gasteiger partial charge in [-0.3, -0.25) is 0 Å². The van der Waals surface area contributed by atoms with Crippen molar-refractivity contribution in [1.29, 1.82) is 0 Å². The molecule has 15 heavy (non-hydrogen) atoms. The van der Waals surface area contributed by atoms with Crippen molar-refractivity contribution < 1.29 is 9.84 Å². The van der Waals surface area contributed by atoms with Crippen molar-refractivity contribution in [3.8, 4) is 0 Å². The zero-order chi connectivity index (χ0) is 10.7. The normalized spacial score (nSPS) is 17.9. The Hall–Kier alpha value is -1.28. The summed E-state index contributed by atoms with van der Waals surface area (Å²) in [5, 5.41) is 10.1. The van der Waals surface area contributed by atoms with E-state index in [0.29, 0.717) is 5.76 Å². The number of hydrogen-bond acceptors (Lipinski definition) is 2. The smallest absolute Gasteiger partial charge is 0.136 e. The van der Waals surface area contributed by atoms with Crippen molar-refractivity contribution in [3.05, 3.63) is 47.2 Å². The van der Waals surface area contributed by atoms with Gasteiger partial charge in [-0.1, -0.05) is 24.3 Å². The third-order valence-corrected chi connectivity index (χ3v) is 2.72. The highest BCUT2D eigenvalue weighted by Gasteiger charge is 2.18. The molecule has 1 aromatic carbocycles. The monoisotopic (exact) mass is 204 g/mol. The van der Waals surface area contributed by atoms with E-state index in [2.05, 4.69) is 0 Å². The highest BCUT2D eigenvalue weighted by Crippen LogP contribution is 2.27. The molecule has 0 radical (unpaired) electrons. The number of benzene rings is 1. The van der Waals surface area contributed by atoms with Crippen LogP contribution >= 0.6 is 0 Å². The molecule has 1 aliphatic heterocycles. The van der Waals surface area contributed by atoms with Gasteiger partial charge in [0.25, 0.3) is 0 Å². The van der Waals surface area contributed by atoms with Crippen LogP contribution in [-0.4, -0.2) is 11.7 Å². The van der Waals surface area contributed by atoms with Gasteiger partial charge >= 0.3 is 0 Å². The minimum absolute atomic E-state index is 0.605. The number of ether oxygens (including phenoxy) is 1. The fourth-order valence-electron chi connectivity index (χ4n) is 1.81. The number of aliphatic hydroxyl groups is 1. The Kier molecular flexibility index (Phi) is 3.07. The third-order valence-electron chi connectivity index (χ3n) is 2.72. The highest BCUT2D eigenvalue weighted by atomic mass is 16.5. The lowest BCUT2D eigenvalue weighted by Gasteiger charge is -2.21. The lowest BCUT2D eigenvalue weighted by molar-refractivity contribution is 0.0914. The minimum atomic E-state index is -0.605. The average Bonchev–Trinajstić information content (AvgIpc) is 2.30. The fourth-order valence-corrected chi connectivity index (χ4v) is 1.81. The molecule has 0 saturated carbocycles. The molecule has 1 N–H and O–H groups in total. The summed E-state index contributed by atoms with van der Waals surface area (Å²) in [4.78, 5) is 0. The van der Waals surface area contributed by atoms with E-state index in [-0.39, 0.29) is 0 Å². The van der Waals surface area contributed by atoms with Gasteiger partial charge in [-0.25, -0.2) is 0 Å². The molecule has 0 saturated heterocycles. The van der Waals surface area contributed by atoms with Crippen LogP contribution in [0.15, 0.2) is 36.1 Å². The van der Waals surface area contributed by atoms with Crippen LogP contribution in [0.1, 0.15) is 30.1 Å². The van der Waals surface area contributed by atoms with Crippen LogP contribution in [0.5, 0.6) is 0 Å². The second-order valence-electron chi connectivity index (χ2n) is 3.86. The third kappa shape index (κ3) is 2.21. The molecule has 1 aromatic rings. The molecule has 0 aliphatic carbocycles. The van der Waals surface area contributed by atoms with E-state index in [9.17, 15) is 5.11 Å². The lowest BCUT2D eigenvalue weighted by Crippen LogP contribution is -2.10. The molecule has 0 fully saturated rings. The Morgan fingerprint density at radius 1 is 1.33 bits per heavy atom. The molecule has 0 spiro atoms. The summed E-state index contributed by atoms with van der Waals surface area (Å²) < 4.78 is 5.46. The number of aliphatic hydroxyl groups excluding tert-OH is 1. The van der Waals surface area contributed by atoms with Gasteiger partial charge in [0, 0.05) is 0 Å². The largest absolute Gasteiger partial charge is 0.495 e. The average molecular weight is 204 g/mol. The Balaban J connectivity index is 2.23. The van der Waals surface area contributed by atoms with Gasteiger partial charge in [0.2, 0.25) is 0 Å².